The van der Waals surface area contributed by atoms with Crippen LogP contribution in [0, 0.1) is 5.92 Å². The van der Waals surface area contributed by atoms with E-state index in [4.69, 9.17) is 0 Å². The number of rotatable bonds is 4. The Kier molecular flexibility index (Phi) is 4.30. The van der Waals surface area contributed by atoms with E-state index < -0.39 is 0 Å². The number of fused-ring (bicyclic) bond motifs is 3. The Bertz CT molecular complexity index is 1010. The van der Waals surface area contributed by atoms with Crippen molar-refractivity contribution in [3.05, 3.63) is 34.7 Å². The third kappa shape index (κ3) is 2.71. The molecule has 0 aliphatic heterocycles. The Hall–Kier alpha value is -2.57. The summed E-state index contributed by atoms with van der Waals surface area (Å²) in [5.41, 5.74) is 1.53. The van der Waals surface area contributed by atoms with E-state index in [1.807, 2.05) is 35.8 Å². The molecule has 2 heterocycles. The number of aromatic nitrogens is 4. The summed E-state index contributed by atoms with van der Waals surface area (Å²) in [6, 6.07) is 7.95. The lowest BCUT2D eigenvalue weighted by Gasteiger charge is -2.29. The van der Waals surface area contributed by atoms with Gasteiger partial charge < -0.3 is 9.88 Å². The molecule has 0 radical (unpaired) electrons. The van der Waals surface area contributed by atoms with Gasteiger partial charge in [-0.25, -0.2) is 13.9 Å². The van der Waals surface area contributed by atoms with Gasteiger partial charge in [0.2, 0.25) is 11.7 Å². The molecule has 1 aromatic carbocycles. The number of carbonyl (C=O) groups excluding carboxylic acids is 1. The fraction of sp³-hybridized carbons (Fsp3) is 0.526. The fourth-order valence-corrected chi connectivity index (χ4v) is 4.11. The lowest BCUT2D eigenvalue weighted by atomic mass is 9.86. The van der Waals surface area contributed by atoms with Crippen molar-refractivity contribution >= 4 is 22.7 Å². The number of imidazole rings is 1. The minimum absolute atomic E-state index is 0.0399. The van der Waals surface area contributed by atoms with Crippen molar-refractivity contribution in [1.82, 2.24) is 24.1 Å². The molecule has 7 heteroatoms. The summed E-state index contributed by atoms with van der Waals surface area (Å²) in [5, 5.41) is 7.53. The average Bonchev–Trinajstić information content (AvgIpc) is 3.11. The van der Waals surface area contributed by atoms with Crippen molar-refractivity contribution in [3.63, 3.8) is 0 Å². The SMILES string of the molecule is CCn1c2ccccc2n2c(=O)n(CC(=O)NC3CCCCC3C)nc12. The highest BCUT2D eigenvalue weighted by atomic mass is 16.2. The molecule has 4 rings (SSSR count). The highest BCUT2D eigenvalue weighted by molar-refractivity contribution is 5.81. The lowest BCUT2D eigenvalue weighted by molar-refractivity contribution is -0.123. The number of nitrogens with zero attached hydrogens (tertiary/aromatic N) is 4. The monoisotopic (exact) mass is 355 g/mol. The Balaban J connectivity index is 1.64. The second-order valence-electron chi connectivity index (χ2n) is 7.24. The first-order chi connectivity index (χ1) is 12.6. The van der Waals surface area contributed by atoms with Gasteiger partial charge in [0.25, 0.3) is 0 Å². The molecule has 1 saturated carbocycles. The average molecular weight is 355 g/mol. The largest absolute Gasteiger partial charge is 0.352 e. The van der Waals surface area contributed by atoms with Gasteiger partial charge in [-0.15, -0.1) is 5.10 Å². The van der Waals surface area contributed by atoms with E-state index in [1.54, 1.807) is 4.40 Å². The van der Waals surface area contributed by atoms with Crippen molar-refractivity contribution < 1.29 is 4.79 Å². The zero-order valence-electron chi connectivity index (χ0n) is 15.3. The summed E-state index contributed by atoms with van der Waals surface area (Å²) < 4.78 is 4.86. The van der Waals surface area contributed by atoms with E-state index in [2.05, 4.69) is 17.3 Å². The molecule has 1 aliphatic carbocycles. The van der Waals surface area contributed by atoms with Gasteiger partial charge in [-0.1, -0.05) is 31.9 Å². The molecule has 2 aromatic heterocycles. The standard InChI is InChI=1S/C19H25N5O2/c1-3-22-15-10-6-7-11-16(15)24-18(22)21-23(19(24)26)12-17(25)20-14-9-5-4-8-13(14)2/h6-7,10-11,13-14H,3-5,8-9,12H2,1-2H3,(H,20,25). The van der Waals surface area contributed by atoms with Crippen LogP contribution < -0.4 is 11.0 Å². The predicted octanol–water partition coefficient (Wildman–Crippen LogP) is 2.17. The van der Waals surface area contributed by atoms with Crippen molar-refractivity contribution in [2.45, 2.75) is 58.7 Å². The van der Waals surface area contributed by atoms with Gasteiger partial charge in [-0.2, -0.15) is 0 Å². The lowest BCUT2D eigenvalue weighted by Crippen LogP contribution is -2.43. The molecule has 7 nitrogen and oxygen atoms in total. The number of aryl methyl sites for hydroxylation is 1. The molecule has 26 heavy (non-hydrogen) atoms. The molecule has 0 bridgehead atoms. The van der Waals surface area contributed by atoms with Gasteiger partial charge >= 0.3 is 5.69 Å². The van der Waals surface area contributed by atoms with Gasteiger partial charge in [0, 0.05) is 12.6 Å². The van der Waals surface area contributed by atoms with Crippen molar-refractivity contribution in [2.75, 3.05) is 0 Å². The maximum atomic E-state index is 12.8. The van der Waals surface area contributed by atoms with Crippen molar-refractivity contribution in [1.29, 1.82) is 0 Å². The van der Waals surface area contributed by atoms with E-state index in [0.717, 1.165) is 30.3 Å². The number of carbonyl (C=O) groups is 1. The molecule has 138 valence electrons. The molecule has 1 amide bonds. The summed E-state index contributed by atoms with van der Waals surface area (Å²) in [5.74, 6) is 0.926. The predicted molar refractivity (Wildman–Crippen MR) is 100 cm³/mol. The summed E-state index contributed by atoms with van der Waals surface area (Å²) in [4.78, 5) is 25.3. The van der Waals surface area contributed by atoms with E-state index in [0.29, 0.717) is 18.2 Å². The van der Waals surface area contributed by atoms with Crippen LogP contribution in [0.5, 0.6) is 0 Å². The topological polar surface area (TPSA) is 73.3 Å². The van der Waals surface area contributed by atoms with Crippen LogP contribution in [0.2, 0.25) is 0 Å². The molecule has 1 aliphatic rings. The number of amides is 1. The van der Waals surface area contributed by atoms with E-state index in [1.165, 1.54) is 11.1 Å². The van der Waals surface area contributed by atoms with E-state index in [-0.39, 0.29) is 24.2 Å². The van der Waals surface area contributed by atoms with Crippen LogP contribution in [0.3, 0.4) is 0 Å². The van der Waals surface area contributed by atoms with Crippen LogP contribution >= 0.6 is 0 Å². The Morgan fingerprint density at radius 2 is 1.96 bits per heavy atom. The molecular formula is C19H25N5O2. The maximum Gasteiger partial charge on any atom is 0.352 e. The van der Waals surface area contributed by atoms with E-state index in [9.17, 15) is 9.59 Å². The smallest absolute Gasteiger partial charge is 0.351 e. The van der Waals surface area contributed by atoms with Gasteiger partial charge in [0.05, 0.1) is 11.0 Å². The van der Waals surface area contributed by atoms with Crippen LogP contribution in [0.1, 0.15) is 39.5 Å². The number of benzene rings is 1. The Labute approximate surface area is 151 Å². The van der Waals surface area contributed by atoms with Crippen molar-refractivity contribution in [2.24, 2.45) is 5.92 Å². The molecule has 0 saturated heterocycles. The van der Waals surface area contributed by atoms with Gasteiger partial charge in [0.15, 0.2) is 0 Å². The number of hydrogen-bond acceptors (Lipinski definition) is 3. The third-order valence-electron chi connectivity index (χ3n) is 5.54. The first-order valence-electron chi connectivity index (χ1n) is 9.46. The van der Waals surface area contributed by atoms with Crippen LogP contribution in [-0.2, 0) is 17.9 Å². The maximum absolute atomic E-state index is 12.8. The number of nitrogens with one attached hydrogen (secondary N) is 1. The zero-order chi connectivity index (χ0) is 18.3. The number of hydrogen-bond donors (Lipinski definition) is 1. The Morgan fingerprint density at radius 1 is 1.23 bits per heavy atom. The Morgan fingerprint density at radius 3 is 2.69 bits per heavy atom. The highest BCUT2D eigenvalue weighted by Crippen LogP contribution is 2.23. The molecule has 1 N–H and O–H groups in total. The van der Waals surface area contributed by atoms with Crippen LogP contribution in [0.25, 0.3) is 16.8 Å². The summed E-state index contributed by atoms with van der Waals surface area (Å²) >= 11 is 0. The molecule has 2 unspecified atom stereocenters. The summed E-state index contributed by atoms with van der Waals surface area (Å²) in [6.45, 7) is 4.87. The summed E-state index contributed by atoms with van der Waals surface area (Å²) in [6.07, 6.45) is 4.54. The van der Waals surface area contributed by atoms with Gasteiger partial charge in [-0.3, -0.25) is 4.79 Å². The fourth-order valence-electron chi connectivity index (χ4n) is 4.11. The van der Waals surface area contributed by atoms with Gasteiger partial charge in [0.1, 0.15) is 6.54 Å². The van der Waals surface area contributed by atoms with Crippen LogP contribution in [-0.4, -0.2) is 30.7 Å². The molecule has 0 spiro atoms. The first-order valence-corrected chi connectivity index (χ1v) is 9.46. The van der Waals surface area contributed by atoms with Crippen LogP contribution in [0.15, 0.2) is 29.1 Å². The van der Waals surface area contributed by atoms with Gasteiger partial charge in [-0.05, 0) is 37.8 Å². The quantitative estimate of drug-likeness (QED) is 0.779. The minimum atomic E-state index is -0.268. The second kappa shape index (κ2) is 6.63. The van der Waals surface area contributed by atoms with Crippen molar-refractivity contribution in [3.8, 4) is 0 Å². The minimum Gasteiger partial charge on any atom is -0.351 e. The normalized spacial score (nSPS) is 20.7. The molecule has 1 fully saturated rings. The second-order valence-corrected chi connectivity index (χ2v) is 7.24. The molecule has 2 atom stereocenters. The first kappa shape index (κ1) is 16.9. The third-order valence-corrected chi connectivity index (χ3v) is 5.54. The van der Waals surface area contributed by atoms with E-state index >= 15 is 0 Å². The molecular weight excluding hydrogens is 330 g/mol. The summed E-state index contributed by atoms with van der Waals surface area (Å²) in [7, 11) is 0. The molecule has 3 aromatic rings. The number of para-hydroxylation sites is 2. The highest BCUT2D eigenvalue weighted by Gasteiger charge is 2.24. The zero-order valence-corrected chi connectivity index (χ0v) is 15.3. The van der Waals surface area contributed by atoms with Crippen LogP contribution in [0.4, 0.5) is 0 Å².